The fraction of sp³-hybridized carbons (Fsp3) is 0. The average Bonchev–Trinajstić information content (AvgIpc) is 2.66. The van der Waals surface area contributed by atoms with Gasteiger partial charge in [0.2, 0.25) is 0 Å². The number of pyridine rings is 1. The van der Waals surface area contributed by atoms with Crippen molar-refractivity contribution >= 4 is 16.7 Å². The van der Waals surface area contributed by atoms with Crippen molar-refractivity contribution in [3.05, 3.63) is 72.3 Å². The van der Waals surface area contributed by atoms with Gasteiger partial charge in [-0.05, 0) is 47.5 Å². The molecule has 0 spiro atoms. The molecule has 26 heavy (non-hydrogen) atoms. The van der Waals surface area contributed by atoms with Crippen molar-refractivity contribution in [2.75, 3.05) is 5.73 Å². The van der Waals surface area contributed by atoms with Gasteiger partial charge in [0.25, 0.3) is 0 Å². The van der Waals surface area contributed by atoms with E-state index < -0.39 is 17.5 Å². The smallest absolute Gasteiger partial charge is 0.194 e. The summed E-state index contributed by atoms with van der Waals surface area (Å²) in [6, 6.07) is 10.3. The van der Waals surface area contributed by atoms with E-state index in [2.05, 4.69) is 15.0 Å². The highest BCUT2D eigenvalue weighted by Gasteiger charge is 2.13. The highest BCUT2D eigenvalue weighted by Crippen LogP contribution is 2.29. The lowest BCUT2D eigenvalue weighted by atomic mass is 10.0. The third-order valence-electron chi connectivity index (χ3n) is 3.96. The Morgan fingerprint density at radius 3 is 2.27 bits per heavy atom. The number of halogens is 3. The van der Waals surface area contributed by atoms with E-state index in [1.54, 1.807) is 42.7 Å². The number of fused-ring (bicyclic) bond motifs is 1. The van der Waals surface area contributed by atoms with Crippen LogP contribution in [0.15, 0.2) is 54.9 Å². The molecule has 4 aromatic rings. The summed E-state index contributed by atoms with van der Waals surface area (Å²) in [5, 5.41) is 0.601. The maximum atomic E-state index is 13.5. The zero-order valence-electron chi connectivity index (χ0n) is 13.2. The SMILES string of the molecule is Nc1nc(-c2cccnc2)nc2cc(-c3cc(F)c(F)c(F)c3)ccc12. The Labute approximate surface area is 146 Å². The molecular weight excluding hydrogens is 341 g/mol. The molecular formula is C19H11F3N4. The molecule has 0 amide bonds. The predicted octanol–water partition coefficient (Wildman–Crippen LogP) is 4.36. The van der Waals surface area contributed by atoms with Crippen LogP contribution in [0.25, 0.3) is 33.4 Å². The first-order valence-corrected chi connectivity index (χ1v) is 7.65. The van der Waals surface area contributed by atoms with Crippen molar-refractivity contribution in [3.8, 4) is 22.5 Å². The molecule has 2 heterocycles. The van der Waals surface area contributed by atoms with Crippen molar-refractivity contribution in [1.82, 2.24) is 15.0 Å². The van der Waals surface area contributed by atoms with Crippen LogP contribution in [0.1, 0.15) is 0 Å². The molecule has 0 bridgehead atoms. The number of hydrogen-bond donors (Lipinski definition) is 1. The maximum absolute atomic E-state index is 13.5. The van der Waals surface area contributed by atoms with Crippen LogP contribution in [-0.4, -0.2) is 15.0 Å². The van der Waals surface area contributed by atoms with E-state index in [1.807, 2.05) is 0 Å². The normalized spacial score (nSPS) is 11.0. The fourth-order valence-corrected chi connectivity index (χ4v) is 2.68. The van der Waals surface area contributed by atoms with E-state index in [1.165, 1.54) is 0 Å². The molecule has 4 nitrogen and oxygen atoms in total. The van der Waals surface area contributed by atoms with Crippen LogP contribution in [-0.2, 0) is 0 Å². The molecule has 7 heteroatoms. The van der Waals surface area contributed by atoms with E-state index in [0.29, 0.717) is 27.9 Å². The Morgan fingerprint density at radius 2 is 1.58 bits per heavy atom. The summed E-state index contributed by atoms with van der Waals surface area (Å²) in [7, 11) is 0. The molecule has 0 unspecified atom stereocenters. The lowest BCUT2D eigenvalue weighted by Crippen LogP contribution is -1.98. The van der Waals surface area contributed by atoms with E-state index in [4.69, 9.17) is 5.73 Å². The van der Waals surface area contributed by atoms with Crippen LogP contribution in [0.2, 0.25) is 0 Å². The summed E-state index contributed by atoms with van der Waals surface area (Å²) in [6.45, 7) is 0. The summed E-state index contributed by atoms with van der Waals surface area (Å²) in [6.07, 6.45) is 3.23. The van der Waals surface area contributed by atoms with E-state index in [0.717, 1.165) is 12.1 Å². The lowest BCUT2D eigenvalue weighted by Gasteiger charge is -2.08. The van der Waals surface area contributed by atoms with Gasteiger partial charge in [-0.3, -0.25) is 4.98 Å². The first-order chi connectivity index (χ1) is 12.5. The van der Waals surface area contributed by atoms with Crippen LogP contribution in [0.4, 0.5) is 19.0 Å². The predicted molar refractivity (Wildman–Crippen MR) is 92.5 cm³/mol. The second-order valence-corrected chi connectivity index (χ2v) is 5.66. The van der Waals surface area contributed by atoms with Crippen LogP contribution >= 0.6 is 0 Å². The van der Waals surface area contributed by atoms with Crippen LogP contribution in [0.3, 0.4) is 0 Å². The van der Waals surface area contributed by atoms with Crippen molar-refractivity contribution in [1.29, 1.82) is 0 Å². The highest BCUT2D eigenvalue weighted by atomic mass is 19.2. The number of nitrogens with zero attached hydrogens (tertiary/aromatic N) is 3. The minimum Gasteiger partial charge on any atom is -0.383 e. The third-order valence-corrected chi connectivity index (χ3v) is 3.96. The summed E-state index contributed by atoms with van der Waals surface area (Å²) in [4.78, 5) is 12.8. The number of rotatable bonds is 2. The quantitative estimate of drug-likeness (QED) is 0.545. The molecule has 2 aromatic carbocycles. The number of nitrogens with two attached hydrogens (primary N) is 1. The summed E-state index contributed by atoms with van der Waals surface area (Å²) in [5.41, 5.74) is 7.87. The van der Waals surface area contributed by atoms with Crippen molar-refractivity contribution in [3.63, 3.8) is 0 Å². The van der Waals surface area contributed by atoms with Crippen molar-refractivity contribution < 1.29 is 13.2 Å². The molecule has 0 saturated heterocycles. The van der Waals surface area contributed by atoms with Crippen molar-refractivity contribution in [2.45, 2.75) is 0 Å². The van der Waals surface area contributed by atoms with Gasteiger partial charge in [-0.15, -0.1) is 0 Å². The molecule has 0 aliphatic rings. The molecule has 0 saturated carbocycles. The largest absolute Gasteiger partial charge is 0.383 e. The molecule has 128 valence electrons. The summed E-state index contributed by atoms with van der Waals surface area (Å²) >= 11 is 0. The Balaban J connectivity index is 1.89. The van der Waals surface area contributed by atoms with Crippen molar-refractivity contribution in [2.24, 2.45) is 0 Å². The molecule has 0 aliphatic heterocycles. The Hall–Kier alpha value is -3.48. The monoisotopic (exact) mass is 352 g/mol. The number of anilines is 1. The summed E-state index contributed by atoms with van der Waals surface area (Å²) in [5.74, 6) is -3.34. The maximum Gasteiger partial charge on any atom is 0.194 e. The lowest BCUT2D eigenvalue weighted by molar-refractivity contribution is 0.448. The number of nitrogen functional groups attached to an aromatic ring is 1. The zero-order valence-corrected chi connectivity index (χ0v) is 13.2. The van der Waals surface area contributed by atoms with Gasteiger partial charge >= 0.3 is 0 Å². The minimum atomic E-state index is -1.50. The number of aromatic nitrogens is 3. The van der Waals surface area contributed by atoms with Gasteiger partial charge in [-0.1, -0.05) is 6.07 Å². The van der Waals surface area contributed by atoms with Gasteiger partial charge in [0.05, 0.1) is 5.52 Å². The zero-order chi connectivity index (χ0) is 18.3. The number of benzene rings is 2. The van der Waals surface area contributed by atoms with Gasteiger partial charge in [-0.25, -0.2) is 23.1 Å². The molecule has 0 fully saturated rings. The van der Waals surface area contributed by atoms with E-state index >= 15 is 0 Å². The molecule has 2 N–H and O–H groups in total. The molecule has 2 aromatic heterocycles. The van der Waals surface area contributed by atoms with Crippen LogP contribution < -0.4 is 5.73 Å². The average molecular weight is 352 g/mol. The third kappa shape index (κ3) is 2.73. The topological polar surface area (TPSA) is 64.7 Å². The Kier molecular flexibility index (Phi) is 3.76. The highest BCUT2D eigenvalue weighted by molar-refractivity contribution is 5.92. The van der Waals surface area contributed by atoms with Gasteiger partial charge in [0.15, 0.2) is 23.3 Å². The van der Waals surface area contributed by atoms with Gasteiger partial charge in [0.1, 0.15) is 5.82 Å². The second kappa shape index (κ2) is 6.11. The fourth-order valence-electron chi connectivity index (χ4n) is 2.68. The standard InChI is InChI=1S/C19H11F3N4/c20-14-6-12(7-15(21)17(14)22)10-3-4-13-16(8-10)25-19(26-18(13)23)11-2-1-5-24-9-11/h1-9H,(H2,23,25,26). The van der Waals surface area contributed by atoms with Gasteiger partial charge in [-0.2, -0.15) is 0 Å². The van der Waals surface area contributed by atoms with E-state index in [-0.39, 0.29) is 11.4 Å². The Bertz CT molecular complexity index is 1110. The first kappa shape index (κ1) is 16.0. The molecule has 4 rings (SSSR count). The molecule has 0 atom stereocenters. The van der Waals surface area contributed by atoms with Gasteiger partial charge < -0.3 is 5.73 Å². The minimum absolute atomic E-state index is 0.198. The van der Waals surface area contributed by atoms with Gasteiger partial charge in [0, 0.05) is 23.3 Å². The van der Waals surface area contributed by atoms with E-state index in [9.17, 15) is 13.2 Å². The first-order valence-electron chi connectivity index (χ1n) is 7.65. The number of hydrogen-bond acceptors (Lipinski definition) is 4. The Morgan fingerprint density at radius 1 is 0.808 bits per heavy atom. The van der Waals surface area contributed by atoms with Crippen LogP contribution in [0, 0.1) is 17.5 Å². The summed E-state index contributed by atoms with van der Waals surface area (Å²) < 4.78 is 40.2. The molecule has 0 aliphatic carbocycles. The second-order valence-electron chi connectivity index (χ2n) is 5.66. The molecule has 0 radical (unpaired) electrons. The van der Waals surface area contributed by atoms with Crippen LogP contribution in [0.5, 0.6) is 0 Å².